The second-order valence-electron chi connectivity index (χ2n) is 4.25. The lowest BCUT2D eigenvalue weighted by molar-refractivity contribution is -0.136. The van der Waals surface area contributed by atoms with E-state index in [9.17, 15) is 4.79 Å². The van der Waals surface area contributed by atoms with Crippen molar-refractivity contribution in [2.45, 2.75) is 19.4 Å². The van der Waals surface area contributed by atoms with Crippen molar-refractivity contribution in [2.75, 3.05) is 13.7 Å². The lowest BCUT2D eigenvalue weighted by atomic mass is 10.1. The van der Waals surface area contributed by atoms with E-state index in [1.807, 2.05) is 24.4 Å². The minimum absolute atomic E-state index is 0.165. The van der Waals surface area contributed by atoms with E-state index >= 15 is 0 Å². The number of para-hydroxylation sites is 1. The van der Waals surface area contributed by atoms with Crippen LogP contribution in [0.3, 0.4) is 0 Å². The number of methoxy groups -OCH3 is 1. The van der Waals surface area contributed by atoms with Crippen LogP contribution in [0.15, 0.2) is 30.5 Å². The Balaban J connectivity index is 2.31. The van der Waals surface area contributed by atoms with Gasteiger partial charge in [-0.1, -0.05) is 18.2 Å². The normalized spacial score (nSPS) is 10.9. The summed E-state index contributed by atoms with van der Waals surface area (Å²) in [6, 6.07) is 8.06. The monoisotopic (exact) mass is 247 g/mol. The van der Waals surface area contributed by atoms with Gasteiger partial charge in [0.05, 0.1) is 6.61 Å². The Labute approximate surface area is 106 Å². The number of hydrogen-bond acceptors (Lipinski definition) is 2. The minimum atomic E-state index is -0.760. The zero-order valence-corrected chi connectivity index (χ0v) is 10.4. The van der Waals surface area contributed by atoms with Crippen LogP contribution in [0.1, 0.15) is 12.0 Å². The van der Waals surface area contributed by atoms with Gasteiger partial charge in [0.15, 0.2) is 0 Å². The fourth-order valence-electron chi connectivity index (χ4n) is 2.14. The molecule has 0 bridgehead atoms. The minimum Gasteiger partial charge on any atom is -0.481 e. The van der Waals surface area contributed by atoms with E-state index in [-0.39, 0.29) is 6.42 Å². The summed E-state index contributed by atoms with van der Waals surface area (Å²) in [5.41, 5.74) is 2.22. The van der Waals surface area contributed by atoms with Gasteiger partial charge in [0.2, 0.25) is 0 Å². The summed E-state index contributed by atoms with van der Waals surface area (Å²) in [5.74, 6) is -0.760. The van der Waals surface area contributed by atoms with Crippen LogP contribution in [0, 0.1) is 0 Å². The highest BCUT2D eigenvalue weighted by Crippen LogP contribution is 2.22. The number of carbonyl (C=O) groups is 1. The molecule has 0 amide bonds. The Morgan fingerprint density at radius 1 is 1.39 bits per heavy atom. The molecule has 0 spiro atoms. The van der Waals surface area contributed by atoms with Crippen molar-refractivity contribution in [3.05, 3.63) is 36.0 Å². The number of fused-ring (bicyclic) bond motifs is 1. The maximum absolute atomic E-state index is 10.7. The summed E-state index contributed by atoms with van der Waals surface area (Å²) in [6.45, 7) is 1.43. The van der Waals surface area contributed by atoms with E-state index in [0.29, 0.717) is 13.0 Å². The van der Waals surface area contributed by atoms with Crippen molar-refractivity contribution in [3.63, 3.8) is 0 Å². The van der Waals surface area contributed by atoms with Gasteiger partial charge in [-0.25, -0.2) is 0 Å². The smallest absolute Gasteiger partial charge is 0.303 e. The average Bonchev–Trinajstić information content (AvgIpc) is 2.72. The largest absolute Gasteiger partial charge is 0.481 e. The number of aliphatic carboxylic acids is 1. The molecule has 2 aromatic rings. The molecule has 18 heavy (non-hydrogen) atoms. The number of aromatic nitrogens is 1. The van der Waals surface area contributed by atoms with Crippen molar-refractivity contribution in [2.24, 2.45) is 0 Å². The highest BCUT2D eigenvalue weighted by Gasteiger charge is 2.09. The van der Waals surface area contributed by atoms with Crippen LogP contribution >= 0.6 is 0 Å². The molecule has 0 unspecified atom stereocenters. The van der Waals surface area contributed by atoms with Crippen molar-refractivity contribution in [1.29, 1.82) is 0 Å². The van der Waals surface area contributed by atoms with Crippen LogP contribution in [0.2, 0.25) is 0 Å². The third-order valence-corrected chi connectivity index (χ3v) is 3.02. The third-order valence-electron chi connectivity index (χ3n) is 3.02. The molecule has 0 aliphatic carbocycles. The van der Waals surface area contributed by atoms with Gasteiger partial charge in [0.1, 0.15) is 0 Å². The van der Waals surface area contributed by atoms with Crippen LogP contribution < -0.4 is 0 Å². The van der Waals surface area contributed by atoms with E-state index < -0.39 is 5.97 Å². The topological polar surface area (TPSA) is 51.5 Å². The number of benzene rings is 1. The van der Waals surface area contributed by atoms with Crippen LogP contribution in [0.4, 0.5) is 0 Å². The highest BCUT2D eigenvalue weighted by molar-refractivity contribution is 5.84. The quantitative estimate of drug-likeness (QED) is 0.852. The van der Waals surface area contributed by atoms with Gasteiger partial charge in [-0.05, 0) is 18.1 Å². The van der Waals surface area contributed by atoms with Crippen LogP contribution in [-0.4, -0.2) is 29.4 Å². The summed E-state index contributed by atoms with van der Waals surface area (Å²) in [6.07, 6.45) is 2.76. The molecule has 1 aromatic heterocycles. The molecule has 0 saturated carbocycles. The number of nitrogens with zero attached hydrogens (tertiary/aromatic N) is 1. The Morgan fingerprint density at radius 3 is 2.89 bits per heavy atom. The van der Waals surface area contributed by atoms with E-state index in [4.69, 9.17) is 9.84 Å². The molecule has 0 fully saturated rings. The van der Waals surface area contributed by atoms with Gasteiger partial charge in [0, 0.05) is 37.2 Å². The van der Waals surface area contributed by atoms with Gasteiger partial charge >= 0.3 is 5.97 Å². The molecule has 2 rings (SSSR count). The van der Waals surface area contributed by atoms with Crippen LogP contribution in [0.5, 0.6) is 0 Å². The Kier molecular flexibility index (Phi) is 3.99. The van der Waals surface area contributed by atoms with Gasteiger partial charge in [-0.15, -0.1) is 0 Å². The third kappa shape index (κ3) is 2.71. The van der Waals surface area contributed by atoms with E-state index in [2.05, 4.69) is 10.6 Å². The Hall–Kier alpha value is -1.81. The summed E-state index contributed by atoms with van der Waals surface area (Å²) in [5, 5.41) is 9.90. The fourth-order valence-corrected chi connectivity index (χ4v) is 2.14. The summed E-state index contributed by atoms with van der Waals surface area (Å²) >= 11 is 0. The van der Waals surface area contributed by atoms with E-state index in [1.54, 1.807) is 7.11 Å². The number of aryl methyl sites for hydroxylation is 1. The van der Waals surface area contributed by atoms with Crippen molar-refractivity contribution in [3.8, 4) is 0 Å². The van der Waals surface area contributed by atoms with Crippen LogP contribution in [-0.2, 0) is 22.5 Å². The SMILES string of the molecule is COCCn1cc(CCC(=O)O)c2ccccc21. The molecule has 1 N–H and O–H groups in total. The van der Waals surface area contributed by atoms with Crippen LogP contribution in [0.25, 0.3) is 10.9 Å². The zero-order chi connectivity index (χ0) is 13.0. The lowest BCUT2D eigenvalue weighted by Gasteiger charge is -2.03. The molecule has 0 aliphatic heterocycles. The van der Waals surface area contributed by atoms with Gasteiger partial charge in [0.25, 0.3) is 0 Å². The predicted octanol–water partition coefficient (Wildman–Crippen LogP) is 2.30. The molecule has 1 aromatic carbocycles. The van der Waals surface area contributed by atoms with Crippen molar-refractivity contribution >= 4 is 16.9 Å². The molecule has 4 nitrogen and oxygen atoms in total. The molecule has 1 heterocycles. The fraction of sp³-hybridized carbons (Fsp3) is 0.357. The summed E-state index contributed by atoms with van der Waals surface area (Å²) < 4.78 is 7.21. The standard InChI is InChI=1S/C14H17NO3/c1-18-9-8-15-10-11(6-7-14(16)17)12-4-2-3-5-13(12)15/h2-5,10H,6-9H2,1H3,(H,16,17). The molecular weight excluding hydrogens is 230 g/mol. The first-order chi connectivity index (χ1) is 8.72. The highest BCUT2D eigenvalue weighted by atomic mass is 16.5. The second-order valence-corrected chi connectivity index (χ2v) is 4.25. The predicted molar refractivity (Wildman–Crippen MR) is 69.8 cm³/mol. The molecule has 0 aliphatic rings. The molecule has 0 radical (unpaired) electrons. The molecule has 4 heteroatoms. The number of rotatable bonds is 6. The average molecular weight is 247 g/mol. The maximum atomic E-state index is 10.7. The maximum Gasteiger partial charge on any atom is 0.303 e. The van der Waals surface area contributed by atoms with E-state index in [0.717, 1.165) is 23.0 Å². The lowest BCUT2D eigenvalue weighted by Crippen LogP contribution is -2.02. The Bertz CT molecular complexity index is 545. The van der Waals surface area contributed by atoms with Gasteiger partial charge < -0.3 is 14.4 Å². The summed E-state index contributed by atoms with van der Waals surface area (Å²) in [4.78, 5) is 10.7. The molecule has 0 saturated heterocycles. The first-order valence-electron chi connectivity index (χ1n) is 6.00. The van der Waals surface area contributed by atoms with E-state index in [1.165, 1.54) is 0 Å². The molecular formula is C14H17NO3. The van der Waals surface area contributed by atoms with Gasteiger partial charge in [-0.2, -0.15) is 0 Å². The molecule has 0 atom stereocenters. The van der Waals surface area contributed by atoms with Gasteiger partial charge in [-0.3, -0.25) is 4.79 Å². The first-order valence-corrected chi connectivity index (χ1v) is 6.00. The number of hydrogen-bond donors (Lipinski definition) is 1. The zero-order valence-electron chi connectivity index (χ0n) is 10.4. The molecule has 96 valence electrons. The Morgan fingerprint density at radius 2 is 2.17 bits per heavy atom. The number of carboxylic acid groups (broad SMARTS) is 1. The number of ether oxygens (including phenoxy) is 1. The summed E-state index contributed by atoms with van der Waals surface area (Å²) in [7, 11) is 1.68. The number of carboxylic acids is 1. The van der Waals surface area contributed by atoms with Crippen molar-refractivity contribution < 1.29 is 14.6 Å². The van der Waals surface area contributed by atoms with Crippen molar-refractivity contribution in [1.82, 2.24) is 4.57 Å². The second kappa shape index (κ2) is 5.69. The first kappa shape index (κ1) is 12.6.